The van der Waals surface area contributed by atoms with E-state index in [1.165, 1.54) is 37.5 Å². The number of ether oxygens (including phenoxy) is 2. The number of hydrogen-bond donors (Lipinski definition) is 2. The Morgan fingerprint density at radius 2 is 1.76 bits per heavy atom. The zero-order valence-corrected chi connectivity index (χ0v) is 20.6. The van der Waals surface area contributed by atoms with E-state index in [1.54, 1.807) is 30.3 Å². The lowest BCUT2D eigenvalue weighted by atomic mass is 10.0. The summed E-state index contributed by atoms with van der Waals surface area (Å²) < 4.78 is 11.6. The number of nitrogens with one attached hydrogen (secondary N) is 1. The molecule has 4 rings (SSSR count). The molecule has 0 spiro atoms. The van der Waals surface area contributed by atoms with Crippen LogP contribution in [-0.4, -0.2) is 30.1 Å². The van der Waals surface area contributed by atoms with Gasteiger partial charge >= 0.3 is 6.03 Å². The molecule has 4 amide bonds. The van der Waals surface area contributed by atoms with Crippen LogP contribution >= 0.6 is 11.6 Å². The number of anilines is 1. The Hall–Kier alpha value is -4.56. The molecule has 0 atom stereocenters. The Kier molecular flexibility index (Phi) is 7.60. The van der Waals surface area contributed by atoms with Crippen molar-refractivity contribution in [3.8, 4) is 17.2 Å². The lowest BCUT2D eigenvalue weighted by Crippen LogP contribution is -2.54. The van der Waals surface area contributed by atoms with E-state index in [0.29, 0.717) is 28.5 Å². The van der Waals surface area contributed by atoms with Gasteiger partial charge in [-0.25, -0.2) is 9.69 Å². The summed E-state index contributed by atoms with van der Waals surface area (Å²) in [4.78, 5) is 39.0. The SMILES string of the molecule is C=CCc1cc(/C=C2\C(=O)NC(=O)N(c3ccc(O)cc3)C2=O)cc(OC)c1OCc1ccc(Cl)cc1. The molecule has 1 aliphatic heterocycles. The molecule has 0 radical (unpaired) electrons. The molecule has 1 heterocycles. The maximum atomic E-state index is 13.2. The van der Waals surface area contributed by atoms with Crippen molar-refractivity contribution in [2.24, 2.45) is 0 Å². The minimum Gasteiger partial charge on any atom is -0.508 e. The van der Waals surface area contributed by atoms with Gasteiger partial charge in [0.05, 0.1) is 12.8 Å². The molecule has 8 nitrogen and oxygen atoms in total. The molecular formula is C28H23ClN2O6. The quantitative estimate of drug-likeness (QED) is 0.246. The second kappa shape index (κ2) is 11.0. The number of carbonyl (C=O) groups excluding carboxylic acids is 3. The highest BCUT2D eigenvalue weighted by atomic mass is 35.5. The van der Waals surface area contributed by atoms with Gasteiger partial charge in [-0.05, 0) is 72.2 Å². The molecule has 0 bridgehead atoms. The summed E-state index contributed by atoms with van der Waals surface area (Å²) in [6.45, 7) is 4.07. The van der Waals surface area contributed by atoms with Crippen molar-refractivity contribution >= 4 is 41.2 Å². The first-order valence-electron chi connectivity index (χ1n) is 11.2. The normalized spacial score (nSPS) is 14.5. The van der Waals surface area contributed by atoms with Crippen molar-refractivity contribution in [2.45, 2.75) is 13.0 Å². The monoisotopic (exact) mass is 518 g/mol. The maximum Gasteiger partial charge on any atom is 0.335 e. The van der Waals surface area contributed by atoms with E-state index in [1.807, 2.05) is 12.1 Å². The third-order valence-electron chi connectivity index (χ3n) is 5.56. The zero-order chi connectivity index (χ0) is 26.5. The Morgan fingerprint density at radius 1 is 1.05 bits per heavy atom. The average molecular weight is 519 g/mol. The van der Waals surface area contributed by atoms with Gasteiger partial charge in [0.25, 0.3) is 11.8 Å². The Labute approximate surface area is 218 Å². The van der Waals surface area contributed by atoms with Crippen LogP contribution in [0.1, 0.15) is 16.7 Å². The van der Waals surface area contributed by atoms with Crippen LogP contribution in [0, 0.1) is 0 Å². The number of methoxy groups -OCH3 is 1. The minimum absolute atomic E-state index is 0.0272. The number of barbiturate groups is 1. The summed E-state index contributed by atoms with van der Waals surface area (Å²) in [7, 11) is 1.49. The number of hydrogen-bond acceptors (Lipinski definition) is 6. The summed E-state index contributed by atoms with van der Waals surface area (Å²) in [6.07, 6.45) is 3.52. The van der Waals surface area contributed by atoms with Crippen LogP contribution in [-0.2, 0) is 22.6 Å². The van der Waals surface area contributed by atoms with Crippen molar-refractivity contribution in [1.29, 1.82) is 0 Å². The van der Waals surface area contributed by atoms with Crippen LogP contribution in [0.15, 0.2) is 78.9 Å². The first-order valence-corrected chi connectivity index (χ1v) is 11.6. The van der Waals surface area contributed by atoms with Crippen LogP contribution < -0.4 is 19.7 Å². The summed E-state index contributed by atoms with van der Waals surface area (Å²) in [5.74, 6) is -0.750. The van der Waals surface area contributed by atoms with E-state index in [0.717, 1.165) is 16.0 Å². The van der Waals surface area contributed by atoms with E-state index < -0.39 is 17.8 Å². The van der Waals surface area contributed by atoms with Crippen molar-refractivity contribution in [3.63, 3.8) is 0 Å². The number of phenols is 1. The van der Waals surface area contributed by atoms with Crippen LogP contribution in [0.25, 0.3) is 6.08 Å². The zero-order valence-electron chi connectivity index (χ0n) is 19.9. The number of halogens is 1. The number of aromatic hydroxyl groups is 1. The predicted molar refractivity (Wildman–Crippen MR) is 140 cm³/mol. The van der Waals surface area contributed by atoms with Gasteiger partial charge in [-0.3, -0.25) is 14.9 Å². The molecule has 1 aliphatic rings. The second-order valence-corrected chi connectivity index (χ2v) is 8.53. The molecule has 3 aromatic rings. The van der Waals surface area contributed by atoms with E-state index in [-0.39, 0.29) is 23.6 Å². The number of imide groups is 2. The third kappa shape index (κ3) is 5.65. The highest BCUT2D eigenvalue weighted by Gasteiger charge is 2.36. The topological polar surface area (TPSA) is 105 Å². The molecule has 0 unspecified atom stereocenters. The van der Waals surface area contributed by atoms with Gasteiger partial charge in [0, 0.05) is 10.6 Å². The van der Waals surface area contributed by atoms with Crippen molar-refractivity contribution in [2.75, 3.05) is 12.0 Å². The number of benzene rings is 3. The van der Waals surface area contributed by atoms with Crippen LogP contribution in [0.5, 0.6) is 17.2 Å². The van der Waals surface area contributed by atoms with Crippen LogP contribution in [0.4, 0.5) is 10.5 Å². The van der Waals surface area contributed by atoms with Gasteiger partial charge in [-0.1, -0.05) is 29.8 Å². The van der Waals surface area contributed by atoms with E-state index in [4.69, 9.17) is 21.1 Å². The van der Waals surface area contributed by atoms with E-state index in [2.05, 4.69) is 11.9 Å². The summed E-state index contributed by atoms with van der Waals surface area (Å²) in [6, 6.07) is 15.3. The molecule has 9 heteroatoms. The first kappa shape index (κ1) is 25.5. The highest BCUT2D eigenvalue weighted by molar-refractivity contribution is 6.39. The number of amides is 4. The number of urea groups is 1. The van der Waals surface area contributed by atoms with Gasteiger partial charge in [0.2, 0.25) is 0 Å². The van der Waals surface area contributed by atoms with Gasteiger partial charge in [0.1, 0.15) is 17.9 Å². The fourth-order valence-electron chi connectivity index (χ4n) is 3.79. The standard InChI is InChI=1S/C28H23ClN2O6/c1-3-4-19-13-18(15-24(36-2)25(19)37-16-17-5-7-20(29)8-6-17)14-23-26(33)30-28(35)31(27(23)34)21-9-11-22(32)12-10-21/h3,5-15,32H,1,4,16H2,2H3,(H,30,33,35)/b23-14+. The molecule has 188 valence electrons. The molecule has 37 heavy (non-hydrogen) atoms. The lowest BCUT2D eigenvalue weighted by Gasteiger charge is -2.26. The van der Waals surface area contributed by atoms with Gasteiger partial charge < -0.3 is 14.6 Å². The Balaban J connectivity index is 1.69. The number of carbonyl (C=O) groups is 3. The number of allylic oxidation sites excluding steroid dienone is 1. The second-order valence-electron chi connectivity index (χ2n) is 8.09. The van der Waals surface area contributed by atoms with Gasteiger partial charge in [-0.15, -0.1) is 6.58 Å². The molecular weight excluding hydrogens is 496 g/mol. The van der Waals surface area contributed by atoms with E-state index >= 15 is 0 Å². The van der Waals surface area contributed by atoms with Crippen LogP contribution in [0.2, 0.25) is 5.02 Å². The molecule has 0 aliphatic carbocycles. The Morgan fingerprint density at radius 3 is 2.41 bits per heavy atom. The van der Waals surface area contributed by atoms with Crippen LogP contribution in [0.3, 0.4) is 0 Å². The summed E-state index contributed by atoms with van der Waals surface area (Å²) in [5, 5.41) is 12.3. The van der Waals surface area contributed by atoms with Gasteiger partial charge in [-0.2, -0.15) is 0 Å². The fraction of sp³-hybridized carbons (Fsp3) is 0.107. The highest BCUT2D eigenvalue weighted by Crippen LogP contribution is 2.35. The molecule has 1 saturated heterocycles. The molecule has 0 saturated carbocycles. The average Bonchev–Trinajstić information content (AvgIpc) is 2.88. The predicted octanol–water partition coefficient (Wildman–Crippen LogP) is 5.03. The fourth-order valence-corrected chi connectivity index (χ4v) is 3.91. The first-order chi connectivity index (χ1) is 17.8. The van der Waals surface area contributed by atoms with Gasteiger partial charge in [0.15, 0.2) is 11.5 Å². The smallest absolute Gasteiger partial charge is 0.335 e. The summed E-state index contributed by atoms with van der Waals surface area (Å²) in [5.41, 5.74) is 2.09. The van der Waals surface area contributed by atoms with Crippen molar-refractivity contribution in [3.05, 3.63) is 101 Å². The molecule has 1 fully saturated rings. The lowest BCUT2D eigenvalue weighted by molar-refractivity contribution is -0.122. The Bertz CT molecular complexity index is 1400. The number of rotatable bonds is 8. The maximum absolute atomic E-state index is 13.2. The van der Waals surface area contributed by atoms with Crippen molar-refractivity contribution in [1.82, 2.24) is 5.32 Å². The minimum atomic E-state index is -0.881. The summed E-state index contributed by atoms with van der Waals surface area (Å²) >= 11 is 5.96. The molecule has 0 aromatic heterocycles. The molecule has 2 N–H and O–H groups in total. The third-order valence-corrected chi connectivity index (χ3v) is 5.81. The molecule has 3 aromatic carbocycles. The van der Waals surface area contributed by atoms with Crippen molar-refractivity contribution < 1.29 is 29.0 Å². The number of nitrogens with zero attached hydrogens (tertiary/aromatic N) is 1. The number of phenolic OH excluding ortho intramolecular Hbond substituents is 1. The van der Waals surface area contributed by atoms with E-state index in [9.17, 15) is 19.5 Å². The largest absolute Gasteiger partial charge is 0.508 e.